The minimum atomic E-state index is -0.687. The van der Waals surface area contributed by atoms with Crippen LogP contribution in [-0.4, -0.2) is 29.7 Å². The summed E-state index contributed by atoms with van der Waals surface area (Å²) < 4.78 is 5.68. The highest BCUT2D eigenvalue weighted by atomic mass is 32.1. The third-order valence-corrected chi connectivity index (χ3v) is 5.09. The van der Waals surface area contributed by atoms with Crippen LogP contribution in [0.4, 0.5) is 5.69 Å². The Morgan fingerprint density at radius 2 is 2.09 bits per heavy atom. The first-order valence-corrected chi connectivity index (χ1v) is 8.60. The van der Waals surface area contributed by atoms with Gasteiger partial charge in [0, 0.05) is 6.04 Å². The quantitative estimate of drug-likeness (QED) is 0.812. The molecule has 5 nitrogen and oxygen atoms in total. The van der Waals surface area contributed by atoms with Gasteiger partial charge in [0.05, 0.1) is 12.2 Å². The Hall–Kier alpha value is -1.82. The summed E-state index contributed by atoms with van der Waals surface area (Å²) >= 11 is 5.63. The van der Waals surface area contributed by atoms with Crippen LogP contribution < -0.4 is 20.7 Å². The van der Waals surface area contributed by atoms with Gasteiger partial charge in [-0.2, -0.15) is 0 Å². The van der Waals surface area contributed by atoms with Gasteiger partial charge in [-0.15, -0.1) is 0 Å². The Morgan fingerprint density at radius 3 is 2.83 bits per heavy atom. The van der Waals surface area contributed by atoms with E-state index in [0.29, 0.717) is 29.4 Å². The van der Waals surface area contributed by atoms with Crippen molar-refractivity contribution in [3.63, 3.8) is 0 Å². The van der Waals surface area contributed by atoms with Crippen LogP contribution in [0.2, 0.25) is 0 Å². The number of rotatable bonds is 2. The lowest BCUT2D eigenvalue weighted by Crippen LogP contribution is -2.54. The molecule has 0 spiro atoms. The molecule has 3 atom stereocenters. The number of primary amides is 1. The van der Waals surface area contributed by atoms with Gasteiger partial charge in [-0.25, -0.2) is 0 Å². The van der Waals surface area contributed by atoms with Crippen LogP contribution in [-0.2, 0) is 4.79 Å². The van der Waals surface area contributed by atoms with E-state index in [0.717, 1.165) is 12.1 Å². The molecule has 1 aromatic carbocycles. The predicted octanol–water partition coefficient (Wildman–Crippen LogP) is 2.19. The maximum absolute atomic E-state index is 11.6. The topological polar surface area (TPSA) is 67.6 Å². The smallest absolute Gasteiger partial charge is 0.260 e. The Labute approximate surface area is 142 Å². The fraction of sp³-hybridized carbons (Fsp3) is 0.529. The number of benzene rings is 1. The first-order valence-electron chi connectivity index (χ1n) is 8.19. The van der Waals surface area contributed by atoms with Crippen LogP contribution in [0.1, 0.15) is 32.6 Å². The van der Waals surface area contributed by atoms with E-state index in [9.17, 15) is 4.79 Å². The SMILES string of the molecule is C[C@H]1CCCC[C@H]1NC(=S)N1C[C@@H](C(N)=O)Oc2ccccc21. The van der Waals surface area contributed by atoms with E-state index in [1.54, 1.807) is 0 Å². The van der Waals surface area contributed by atoms with Crippen molar-refractivity contribution in [1.82, 2.24) is 5.32 Å². The van der Waals surface area contributed by atoms with Gasteiger partial charge in [0.2, 0.25) is 0 Å². The number of carbonyl (C=O) groups is 1. The molecule has 0 aromatic heterocycles. The van der Waals surface area contributed by atoms with Gasteiger partial charge in [0.1, 0.15) is 5.75 Å². The normalized spacial score (nSPS) is 26.8. The summed E-state index contributed by atoms with van der Waals surface area (Å²) in [5, 5.41) is 4.13. The van der Waals surface area contributed by atoms with E-state index in [4.69, 9.17) is 22.7 Å². The van der Waals surface area contributed by atoms with E-state index >= 15 is 0 Å². The summed E-state index contributed by atoms with van der Waals surface area (Å²) in [6.07, 6.45) is 4.19. The molecule has 3 N–H and O–H groups in total. The first kappa shape index (κ1) is 16.1. The van der Waals surface area contributed by atoms with Crippen LogP contribution in [0.3, 0.4) is 0 Å². The number of para-hydroxylation sites is 2. The number of carbonyl (C=O) groups excluding carboxylic acids is 1. The maximum atomic E-state index is 11.6. The zero-order valence-corrected chi connectivity index (χ0v) is 14.1. The number of nitrogens with two attached hydrogens (primary N) is 1. The van der Waals surface area contributed by atoms with Crippen molar-refractivity contribution in [2.24, 2.45) is 11.7 Å². The predicted molar refractivity (Wildman–Crippen MR) is 94.6 cm³/mol. The summed E-state index contributed by atoms with van der Waals surface area (Å²) in [5.74, 6) is 0.770. The zero-order valence-electron chi connectivity index (χ0n) is 13.3. The van der Waals surface area contributed by atoms with Crippen LogP contribution >= 0.6 is 12.2 Å². The molecule has 124 valence electrons. The van der Waals surface area contributed by atoms with Gasteiger partial charge in [-0.3, -0.25) is 4.79 Å². The number of hydrogen-bond acceptors (Lipinski definition) is 3. The van der Waals surface area contributed by atoms with Crippen LogP contribution in [0.5, 0.6) is 5.75 Å². The van der Waals surface area contributed by atoms with E-state index in [-0.39, 0.29) is 0 Å². The molecule has 3 rings (SSSR count). The fourth-order valence-corrected chi connectivity index (χ4v) is 3.67. The van der Waals surface area contributed by atoms with Gasteiger partial charge in [0.25, 0.3) is 5.91 Å². The number of ether oxygens (including phenoxy) is 1. The highest BCUT2D eigenvalue weighted by Crippen LogP contribution is 2.33. The monoisotopic (exact) mass is 333 g/mol. The van der Waals surface area contributed by atoms with E-state index < -0.39 is 12.0 Å². The molecule has 0 radical (unpaired) electrons. The van der Waals surface area contributed by atoms with Gasteiger partial charge in [-0.05, 0) is 43.1 Å². The average Bonchev–Trinajstić information content (AvgIpc) is 2.55. The third-order valence-electron chi connectivity index (χ3n) is 4.76. The molecular formula is C17H23N3O2S. The molecule has 0 unspecified atom stereocenters. The van der Waals surface area contributed by atoms with Crippen molar-refractivity contribution >= 4 is 28.9 Å². The van der Waals surface area contributed by atoms with Crippen molar-refractivity contribution in [2.75, 3.05) is 11.4 Å². The number of thiocarbonyl (C=S) groups is 1. The summed E-state index contributed by atoms with van der Waals surface area (Å²) in [5.41, 5.74) is 6.32. The van der Waals surface area contributed by atoms with Gasteiger partial charge >= 0.3 is 0 Å². The Morgan fingerprint density at radius 1 is 1.35 bits per heavy atom. The summed E-state index contributed by atoms with van der Waals surface area (Å²) in [4.78, 5) is 13.5. The maximum Gasteiger partial charge on any atom is 0.260 e. The number of nitrogens with zero attached hydrogens (tertiary/aromatic N) is 1. The number of fused-ring (bicyclic) bond motifs is 1. The first-order chi connectivity index (χ1) is 11.1. The molecule has 0 saturated heterocycles. The van der Waals surface area contributed by atoms with Gasteiger partial charge in [0.15, 0.2) is 11.2 Å². The molecule has 1 fully saturated rings. The number of nitrogens with one attached hydrogen (secondary N) is 1. The van der Waals surface area contributed by atoms with Crippen molar-refractivity contribution < 1.29 is 9.53 Å². The molecule has 1 heterocycles. The Kier molecular flexibility index (Phi) is 4.71. The minimum Gasteiger partial charge on any atom is -0.477 e. The minimum absolute atomic E-state index is 0.347. The second kappa shape index (κ2) is 6.74. The number of anilines is 1. The van der Waals surface area contributed by atoms with Crippen molar-refractivity contribution in [2.45, 2.75) is 44.8 Å². The Bertz CT molecular complexity index is 607. The molecule has 2 aliphatic rings. The van der Waals surface area contributed by atoms with Gasteiger partial charge in [-0.1, -0.05) is 31.9 Å². The van der Waals surface area contributed by atoms with E-state index in [1.165, 1.54) is 19.3 Å². The molecule has 1 aromatic rings. The highest BCUT2D eigenvalue weighted by molar-refractivity contribution is 7.80. The lowest BCUT2D eigenvalue weighted by atomic mass is 9.86. The van der Waals surface area contributed by atoms with E-state index in [2.05, 4.69) is 12.2 Å². The molecule has 6 heteroatoms. The van der Waals surface area contributed by atoms with Gasteiger partial charge < -0.3 is 20.7 Å². The Balaban J connectivity index is 1.79. The largest absolute Gasteiger partial charge is 0.477 e. The van der Waals surface area contributed by atoms with Crippen molar-refractivity contribution in [1.29, 1.82) is 0 Å². The molecule has 1 aliphatic heterocycles. The molecule has 23 heavy (non-hydrogen) atoms. The standard InChI is InChI=1S/C17H23N3O2S/c1-11-6-2-3-7-12(11)19-17(23)20-10-15(16(18)21)22-14-9-5-4-8-13(14)20/h4-5,8-9,11-12,15H,2-3,6-7,10H2,1H3,(H2,18,21)(H,19,23)/t11-,12+,15-/m0/s1. The number of hydrogen-bond donors (Lipinski definition) is 2. The molecule has 0 bridgehead atoms. The molecular weight excluding hydrogens is 310 g/mol. The number of amides is 1. The summed E-state index contributed by atoms with van der Waals surface area (Å²) in [6, 6.07) is 7.98. The fourth-order valence-electron chi connectivity index (χ4n) is 3.34. The zero-order chi connectivity index (χ0) is 16.4. The molecule has 1 saturated carbocycles. The highest BCUT2D eigenvalue weighted by Gasteiger charge is 2.32. The van der Waals surface area contributed by atoms with Crippen LogP contribution in [0, 0.1) is 5.92 Å². The average molecular weight is 333 g/mol. The lowest BCUT2D eigenvalue weighted by molar-refractivity contribution is -0.124. The second-order valence-electron chi connectivity index (χ2n) is 6.40. The third kappa shape index (κ3) is 3.42. The second-order valence-corrected chi connectivity index (χ2v) is 6.79. The molecule has 1 amide bonds. The summed E-state index contributed by atoms with van der Waals surface area (Å²) in [7, 11) is 0. The van der Waals surface area contributed by atoms with Crippen molar-refractivity contribution in [3.8, 4) is 5.75 Å². The summed E-state index contributed by atoms with van der Waals surface area (Å²) in [6.45, 7) is 2.61. The van der Waals surface area contributed by atoms with Crippen molar-refractivity contribution in [3.05, 3.63) is 24.3 Å². The lowest BCUT2D eigenvalue weighted by Gasteiger charge is -2.38. The van der Waals surface area contributed by atoms with E-state index in [1.807, 2.05) is 29.2 Å². The van der Waals surface area contributed by atoms with Crippen LogP contribution in [0.25, 0.3) is 0 Å². The van der Waals surface area contributed by atoms with Crippen LogP contribution in [0.15, 0.2) is 24.3 Å². The molecule has 1 aliphatic carbocycles.